The van der Waals surface area contributed by atoms with Gasteiger partial charge in [0, 0.05) is 18.0 Å². The highest BCUT2D eigenvalue weighted by atomic mass is 19.1. The fourth-order valence-corrected chi connectivity index (χ4v) is 3.11. The van der Waals surface area contributed by atoms with E-state index in [-0.39, 0.29) is 18.4 Å². The molecule has 0 bridgehead atoms. The van der Waals surface area contributed by atoms with E-state index >= 15 is 0 Å². The third-order valence-electron chi connectivity index (χ3n) is 4.62. The molecule has 1 aromatic heterocycles. The minimum atomic E-state index is -1.74. The van der Waals surface area contributed by atoms with Gasteiger partial charge in [-0.25, -0.2) is 13.6 Å². The van der Waals surface area contributed by atoms with E-state index in [4.69, 9.17) is 6.57 Å². The second-order valence-electron chi connectivity index (χ2n) is 6.87. The Morgan fingerprint density at radius 3 is 2.67 bits per heavy atom. The first-order valence-corrected chi connectivity index (χ1v) is 8.38. The number of benzene rings is 2. The second-order valence-corrected chi connectivity index (χ2v) is 6.87. The number of carbonyl (C=O) groups excluding carboxylic acids is 1. The standard InChI is InChI=1S/C21H18F2N2O2/c1-13-8-14(4-6-18(13)24-3)9-20(26)21(2,27)12-25-11-17(23)16-10-15(22)5-7-19(16)25/h4-8,10-11,27H,9,12H2,1-2H3/t21-/m0/s1. The van der Waals surface area contributed by atoms with Crippen LogP contribution in [0, 0.1) is 25.1 Å². The highest BCUT2D eigenvalue weighted by Gasteiger charge is 2.31. The van der Waals surface area contributed by atoms with Gasteiger partial charge in [-0.1, -0.05) is 18.2 Å². The summed E-state index contributed by atoms with van der Waals surface area (Å²) in [5.74, 6) is -1.60. The van der Waals surface area contributed by atoms with Crippen molar-refractivity contribution in [1.29, 1.82) is 0 Å². The summed E-state index contributed by atoms with van der Waals surface area (Å²) in [6.07, 6.45) is 1.14. The average molecular weight is 368 g/mol. The molecule has 6 heteroatoms. The molecule has 4 nitrogen and oxygen atoms in total. The van der Waals surface area contributed by atoms with Gasteiger partial charge in [-0.15, -0.1) is 0 Å². The Labute approximate surface area is 155 Å². The third-order valence-corrected chi connectivity index (χ3v) is 4.62. The molecule has 0 saturated carbocycles. The van der Waals surface area contributed by atoms with E-state index in [1.54, 1.807) is 25.1 Å². The lowest BCUT2D eigenvalue weighted by Gasteiger charge is -2.23. The zero-order chi connectivity index (χ0) is 19.8. The Kier molecular flexibility index (Phi) is 4.81. The maximum absolute atomic E-state index is 14.0. The number of ketones is 1. The van der Waals surface area contributed by atoms with E-state index in [9.17, 15) is 18.7 Å². The highest BCUT2D eigenvalue weighted by Crippen LogP contribution is 2.25. The smallest absolute Gasteiger partial charge is 0.190 e. The molecule has 1 heterocycles. The van der Waals surface area contributed by atoms with Gasteiger partial charge in [0.05, 0.1) is 18.6 Å². The van der Waals surface area contributed by atoms with Gasteiger partial charge in [0.1, 0.15) is 17.2 Å². The van der Waals surface area contributed by atoms with Crippen molar-refractivity contribution >= 4 is 22.4 Å². The minimum Gasteiger partial charge on any atom is -0.380 e. The quantitative estimate of drug-likeness (QED) is 0.681. The van der Waals surface area contributed by atoms with E-state index in [1.807, 2.05) is 0 Å². The molecular formula is C21H18F2N2O2. The third kappa shape index (κ3) is 3.74. The van der Waals surface area contributed by atoms with Crippen LogP contribution >= 0.6 is 0 Å². The van der Waals surface area contributed by atoms with Gasteiger partial charge in [-0.3, -0.25) is 4.79 Å². The molecule has 0 fully saturated rings. The number of rotatable bonds is 5. The van der Waals surface area contributed by atoms with Crippen LogP contribution in [0.5, 0.6) is 0 Å². The lowest BCUT2D eigenvalue weighted by molar-refractivity contribution is -0.136. The number of aromatic nitrogens is 1. The number of carbonyl (C=O) groups is 1. The van der Waals surface area contributed by atoms with Gasteiger partial charge in [-0.2, -0.15) is 0 Å². The lowest BCUT2D eigenvalue weighted by atomic mass is 9.94. The summed E-state index contributed by atoms with van der Waals surface area (Å²) in [7, 11) is 0. The van der Waals surface area contributed by atoms with Crippen LogP contribution in [0.4, 0.5) is 14.5 Å². The van der Waals surface area contributed by atoms with Crippen LogP contribution in [-0.4, -0.2) is 21.1 Å². The topological polar surface area (TPSA) is 46.6 Å². The van der Waals surface area contributed by atoms with Crippen LogP contribution in [-0.2, 0) is 17.8 Å². The molecule has 0 amide bonds. The average Bonchev–Trinajstić information content (AvgIpc) is 2.89. The second kappa shape index (κ2) is 6.93. The number of aryl methyl sites for hydroxylation is 1. The fraction of sp³-hybridized carbons (Fsp3) is 0.238. The number of hydrogen-bond donors (Lipinski definition) is 1. The van der Waals surface area contributed by atoms with E-state index < -0.39 is 23.0 Å². The summed E-state index contributed by atoms with van der Waals surface area (Å²) in [6.45, 7) is 10.1. The molecule has 138 valence electrons. The molecule has 0 aliphatic rings. The normalized spacial score (nSPS) is 13.3. The molecule has 0 aliphatic carbocycles. The Morgan fingerprint density at radius 2 is 2.00 bits per heavy atom. The number of aliphatic hydroxyl groups is 1. The van der Waals surface area contributed by atoms with Crippen LogP contribution in [0.25, 0.3) is 15.7 Å². The van der Waals surface area contributed by atoms with Gasteiger partial charge >= 0.3 is 0 Å². The molecule has 1 atom stereocenters. The van der Waals surface area contributed by atoms with Gasteiger partial charge < -0.3 is 9.67 Å². The number of nitrogens with zero attached hydrogens (tertiary/aromatic N) is 2. The Morgan fingerprint density at radius 1 is 1.26 bits per heavy atom. The van der Waals surface area contributed by atoms with Crippen LogP contribution in [0.15, 0.2) is 42.6 Å². The Balaban J connectivity index is 1.83. The van der Waals surface area contributed by atoms with E-state index in [1.165, 1.54) is 23.6 Å². The summed E-state index contributed by atoms with van der Waals surface area (Å²) in [6, 6.07) is 8.77. The lowest BCUT2D eigenvalue weighted by Crippen LogP contribution is -2.40. The van der Waals surface area contributed by atoms with E-state index in [2.05, 4.69) is 4.85 Å². The molecule has 27 heavy (non-hydrogen) atoms. The van der Waals surface area contributed by atoms with E-state index in [0.29, 0.717) is 16.8 Å². The van der Waals surface area contributed by atoms with Crippen molar-refractivity contribution in [3.05, 3.63) is 76.8 Å². The van der Waals surface area contributed by atoms with Crippen molar-refractivity contribution in [3.63, 3.8) is 0 Å². The molecule has 0 aliphatic heterocycles. The summed E-state index contributed by atoms with van der Waals surface area (Å²) in [5.41, 5.74) is 0.629. The van der Waals surface area contributed by atoms with Crippen LogP contribution in [0.3, 0.4) is 0 Å². The first-order chi connectivity index (χ1) is 12.7. The minimum absolute atomic E-state index is 0.0115. The largest absolute Gasteiger partial charge is 0.380 e. The highest BCUT2D eigenvalue weighted by molar-refractivity contribution is 5.89. The Bertz CT molecular complexity index is 1080. The number of fused-ring (bicyclic) bond motifs is 1. The van der Waals surface area contributed by atoms with Crippen molar-refractivity contribution in [2.75, 3.05) is 0 Å². The summed E-state index contributed by atoms with van der Waals surface area (Å²) < 4.78 is 28.8. The number of hydrogen-bond acceptors (Lipinski definition) is 2. The van der Waals surface area contributed by atoms with Crippen molar-refractivity contribution in [2.45, 2.75) is 32.4 Å². The molecule has 3 aromatic rings. The molecule has 0 spiro atoms. The molecule has 1 N–H and O–H groups in total. The van der Waals surface area contributed by atoms with Crippen LogP contribution < -0.4 is 0 Å². The zero-order valence-electron chi connectivity index (χ0n) is 15.0. The monoisotopic (exact) mass is 368 g/mol. The van der Waals surface area contributed by atoms with Gasteiger partial charge in [-0.05, 0) is 43.2 Å². The number of Topliss-reactive ketones (excluding diaryl/α,β-unsaturated/α-hetero) is 1. The molecule has 2 aromatic carbocycles. The molecule has 0 saturated heterocycles. The maximum atomic E-state index is 14.0. The first kappa shape index (κ1) is 18.7. The van der Waals surface area contributed by atoms with Crippen LogP contribution in [0.2, 0.25) is 0 Å². The predicted molar refractivity (Wildman–Crippen MR) is 98.6 cm³/mol. The van der Waals surface area contributed by atoms with Crippen LogP contribution in [0.1, 0.15) is 18.1 Å². The predicted octanol–water partition coefficient (Wildman–Crippen LogP) is 4.34. The molecule has 3 rings (SSSR count). The molecule has 0 radical (unpaired) electrons. The summed E-state index contributed by atoms with van der Waals surface area (Å²) in [5, 5.41) is 10.8. The van der Waals surface area contributed by atoms with E-state index in [0.717, 1.165) is 17.8 Å². The van der Waals surface area contributed by atoms with Crippen molar-refractivity contribution in [3.8, 4) is 0 Å². The van der Waals surface area contributed by atoms with Gasteiger partial charge in [0.25, 0.3) is 0 Å². The summed E-state index contributed by atoms with van der Waals surface area (Å²) in [4.78, 5) is 16.0. The zero-order valence-corrected chi connectivity index (χ0v) is 15.0. The Hall–Kier alpha value is -3.04. The fourth-order valence-electron chi connectivity index (χ4n) is 3.11. The first-order valence-electron chi connectivity index (χ1n) is 8.38. The van der Waals surface area contributed by atoms with Crippen molar-refractivity contribution in [2.24, 2.45) is 0 Å². The van der Waals surface area contributed by atoms with Crippen molar-refractivity contribution in [1.82, 2.24) is 4.57 Å². The van der Waals surface area contributed by atoms with Gasteiger partial charge in [0.15, 0.2) is 11.5 Å². The SMILES string of the molecule is [C-]#[N+]c1ccc(CC(=O)[C@@](C)(O)Cn2cc(F)c3cc(F)ccc32)cc1C. The molecular weight excluding hydrogens is 350 g/mol. The molecule has 0 unspecified atom stereocenters. The maximum Gasteiger partial charge on any atom is 0.190 e. The van der Waals surface area contributed by atoms with Gasteiger partial charge in [0.2, 0.25) is 0 Å². The number of halogens is 2. The van der Waals surface area contributed by atoms with Crippen molar-refractivity contribution < 1.29 is 18.7 Å². The summed E-state index contributed by atoms with van der Waals surface area (Å²) >= 11 is 0.